The number of hydrogen-bond acceptors (Lipinski definition) is 3. The summed E-state index contributed by atoms with van der Waals surface area (Å²) in [6.45, 7) is -3.38. The lowest BCUT2D eigenvalue weighted by molar-refractivity contribution is -0.153. The van der Waals surface area contributed by atoms with Crippen molar-refractivity contribution < 1.29 is 45.0 Å². The minimum absolute atomic E-state index is 0.130. The first-order valence-corrected chi connectivity index (χ1v) is 5.87. The Bertz CT molecular complexity index is 534. The fourth-order valence-electron chi connectivity index (χ4n) is 1.30. The number of nitrogens with one attached hydrogen (secondary N) is 1. The fourth-order valence-corrected chi connectivity index (χ4v) is 1.30. The highest BCUT2D eigenvalue weighted by molar-refractivity contribution is 5.73. The molecule has 0 spiro atoms. The van der Waals surface area contributed by atoms with E-state index in [1.54, 1.807) is 0 Å². The maximum Gasteiger partial charge on any atom is 0.422 e. The first kappa shape index (κ1) is 18.8. The fraction of sp³-hybridized carbons (Fsp3) is 0.417. The zero-order chi connectivity index (χ0) is 17.7. The summed E-state index contributed by atoms with van der Waals surface area (Å²) < 4.78 is 94.6. The van der Waals surface area contributed by atoms with E-state index in [1.165, 1.54) is 0 Å². The van der Waals surface area contributed by atoms with Crippen LogP contribution in [0.3, 0.4) is 0 Å². The SMILES string of the molecule is O=CNc1cc(OCC(F)(F)F)cc(OCC(F)(F)C(F)F)c1. The van der Waals surface area contributed by atoms with Crippen LogP contribution in [0.4, 0.5) is 36.4 Å². The molecule has 0 heterocycles. The van der Waals surface area contributed by atoms with Crippen LogP contribution in [0.2, 0.25) is 0 Å². The van der Waals surface area contributed by atoms with Crippen LogP contribution in [0, 0.1) is 0 Å². The molecule has 0 unspecified atom stereocenters. The van der Waals surface area contributed by atoms with Crippen molar-refractivity contribution >= 4 is 12.1 Å². The van der Waals surface area contributed by atoms with Gasteiger partial charge in [0.05, 0.1) is 0 Å². The zero-order valence-electron chi connectivity index (χ0n) is 11.2. The summed E-state index contributed by atoms with van der Waals surface area (Å²) >= 11 is 0. The van der Waals surface area contributed by atoms with Crippen LogP contribution in [0.5, 0.6) is 11.5 Å². The van der Waals surface area contributed by atoms with E-state index in [0.717, 1.165) is 18.2 Å². The van der Waals surface area contributed by atoms with Gasteiger partial charge in [0.15, 0.2) is 13.2 Å². The molecular weight excluding hydrogens is 339 g/mol. The molecule has 11 heteroatoms. The Morgan fingerprint density at radius 2 is 1.52 bits per heavy atom. The van der Waals surface area contributed by atoms with Crippen molar-refractivity contribution in [2.24, 2.45) is 0 Å². The van der Waals surface area contributed by atoms with Crippen molar-refractivity contribution in [3.63, 3.8) is 0 Å². The number of hydrogen-bond donors (Lipinski definition) is 1. The van der Waals surface area contributed by atoms with Gasteiger partial charge in [0.2, 0.25) is 6.41 Å². The van der Waals surface area contributed by atoms with Gasteiger partial charge in [0, 0.05) is 23.9 Å². The van der Waals surface area contributed by atoms with Crippen LogP contribution < -0.4 is 14.8 Å². The first-order valence-electron chi connectivity index (χ1n) is 5.87. The average molecular weight is 349 g/mol. The largest absolute Gasteiger partial charge is 0.487 e. The Morgan fingerprint density at radius 1 is 1.00 bits per heavy atom. The predicted octanol–water partition coefficient (Wildman–Crippen LogP) is 3.48. The minimum Gasteiger partial charge on any atom is -0.487 e. The third-order valence-corrected chi connectivity index (χ3v) is 2.26. The van der Waals surface area contributed by atoms with E-state index in [4.69, 9.17) is 0 Å². The second-order valence-electron chi connectivity index (χ2n) is 4.21. The zero-order valence-corrected chi connectivity index (χ0v) is 11.2. The van der Waals surface area contributed by atoms with Crippen molar-refractivity contribution in [3.8, 4) is 11.5 Å². The van der Waals surface area contributed by atoms with Crippen LogP contribution in [0.15, 0.2) is 18.2 Å². The number of ether oxygens (including phenoxy) is 2. The molecule has 0 radical (unpaired) electrons. The summed E-state index contributed by atoms with van der Waals surface area (Å²) in [4.78, 5) is 10.3. The van der Waals surface area contributed by atoms with Crippen LogP contribution in [-0.4, -0.2) is 38.1 Å². The van der Waals surface area contributed by atoms with Gasteiger partial charge in [-0.3, -0.25) is 4.79 Å². The van der Waals surface area contributed by atoms with E-state index in [2.05, 4.69) is 9.47 Å². The van der Waals surface area contributed by atoms with E-state index in [0.29, 0.717) is 0 Å². The van der Waals surface area contributed by atoms with Gasteiger partial charge in [-0.05, 0) is 0 Å². The molecule has 0 fully saturated rings. The maximum atomic E-state index is 12.8. The summed E-state index contributed by atoms with van der Waals surface area (Å²) in [5, 5.41) is 2.05. The molecule has 0 bridgehead atoms. The number of carbonyl (C=O) groups is 1. The lowest BCUT2D eigenvalue weighted by Crippen LogP contribution is -2.33. The van der Waals surface area contributed by atoms with E-state index in [9.17, 15) is 35.5 Å². The Labute approximate surface area is 125 Å². The van der Waals surface area contributed by atoms with Gasteiger partial charge in [0.25, 0.3) is 0 Å². The highest BCUT2D eigenvalue weighted by atomic mass is 19.4. The van der Waals surface area contributed by atoms with E-state index in [1.807, 2.05) is 5.32 Å². The van der Waals surface area contributed by atoms with Crippen molar-refractivity contribution in [1.29, 1.82) is 0 Å². The molecule has 0 saturated heterocycles. The van der Waals surface area contributed by atoms with Gasteiger partial charge in [-0.1, -0.05) is 0 Å². The van der Waals surface area contributed by atoms with Crippen LogP contribution in [-0.2, 0) is 4.79 Å². The number of halogens is 7. The highest BCUT2D eigenvalue weighted by Crippen LogP contribution is 2.30. The molecule has 1 amide bonds. The van der Waals surface area contributed by atoms with Gasteiger partial charge in [-0.2, -0.15) is 22.0 Å². The number of rotatable bonds is 8. The van der Waals surface area contributed by atoms with Gasteiger partial charge in [-0.25, -0.2) is 8.78 Å². The average Bonchev–Trinajstić information content (AvgIpc) is 2.42. The second kappa shape index (κ2) is 7.38. The Morgan fingerprint density at radius 3 is 1.96 bits per heavy atom. The molecule has 1 aromatic carbocycles. The molecule has 0 aliphatic heterocycles. The third-order valence-electron chi connectivity index (χ3n) is 2.26. The normalized spacial score (nSPS) is 12.2. The van der Waals surface area contributed by atoms with E-state index >= 15 is 0 Å². The molecule has 4 nitrogen and oxygen atoms in total. The second-order valence-corrected chi connectivity index (χ2v) is 4.21. The molecule has 0 aromatic heterocycles. The van der Waals surface area contributed by atoms with Crippen LogP contribution in [0.1, 0.15) is 0 Å². The number of benzene rings is 1. The third kappa shape index (κ3) is 6.61. The number of anilines is 1. The van der Waals surface area contributed by atoms with Gasteiger partial charge >= 0.3 is 18.5 Å². The smallest absolute Gasteiger partial charge is 0.422 e. The van der Waals surface area contributed by atoms with Crippen molar-refractivity contribution in [1.82, 2.24) is 0 Å². The summed E-state index contributed by atoms with van der Waals surface area (Å²) in [7, 11) is 0. The van der Waals surface area contributed by atoms with Gasteiger partial charge in [0.1, 0.15) is 11.5 Å². The summed E-state index contributed by atoms with van der Waals surface area (Å²) in [6, 6.07) is 2.72. The van der Waals surface area contributed by atoms with Crippen molar-refractivity contribution in [3.05, 3.63) is 18.2 Å². The molecule has 0 aliphatic carbocycles. The molecular formula is C12H10F7NO3. The van der Waals surface area contributed by atoms with Gasteiger partial charge < -0.3 is 14.8 Å². The topological polar surface area (TPSA) is 47.6 Å². The number of amides is 1. The summed E-state index contributed by atoms with van der Waals surface area (Å²) in [6.07, 6.45) is -8.46. The molecule has 0 aliphatic rings. The Kier molecular flexibility index (Phi) is 6.05. The van der Waals surface area contributed by atoms with Gasteiger partial charge in [-0.15, -0.1) is 0 Å². The molecule has 130 valence electrons. The summed E-state index contributed by atoms with van der Waals surface area (Å²) in [5.74, 6) is -5.37. The number of alkyl halides is 7. The monoisotopic (exact) mass is 349 g/mol. The predicted molar refractivity (Wildman–Crippen MR) is 64.1 cm³/mol. The van der Waals surface area contributed by atoms with E-state index in [-0.39, 0.29) is 12.1 Å². The Balaban J connectivity index is 2.89. The molecule has 0 atom stereocenters. The standard InChI is InChI=1S/C12H10F7NO3/c13-10(14)11(15,16)4-22-8-1-7(20-6-21)2-9(3-8)23-5-12(17,18)19/h1-3,6,10H,4-5H2,(H,20,21). The minimum atomic E-state index is -4.65. The lowest BCUT2D eigenvalue weighted by atomic mass is 10.2. The number of carbonyl (C=O) groups excluding carboxylic acids is 1. The van der Waals surface area contributed by atoms with Crippen molar-refractivity contribution in [2.75, 3.05) is 18.5 Å². The maximum absolute atomic E-state index is 12.8. The van der Waals surface area contributed by atoms with Crippen LogP contribution in [0.25, 0.3) is 0 Å². The van der Waals surface area contributed by atoms with E-state index < -0.39 is 43.2 Å². The highest BCUT2D eigenvalue weighted by Gasteiger charge is 2.41. The molecule has 23 heavy (non-hydrogen) atoms. The Hall–Kier alpha value is -2.20. The van der Waals surface area contributed by atoms with Crippen molar-refractivity contribution in [2.45, 2.75) is 18.5 Å². The lowest BCUT2D eigenvalue weighted by Gasteiger charge is -2.17. The molecule has 1 rings (SSSR count). The summed E-state index contributed by atoms with van der Waals surface area (Å²) in [5.41, 5.74) is -0.130. The van der Waals surface area contributed by atoms with Crippen LogP contribution >= 0.6 is 0 Å². The molecule has 1 N–H and O–H groups in total. The molecule has 1 aromatic rings. The molecule has 0 saturated carbocycles. The first-order chi connectivity index (χ1) is 10.5. The quantitative estimate of drug-likeness (QED) is 0.577.